The van der Waals surface area contributed by atoms with E-state index in [0.717, 1.165) is 5.56 Å². The predicted molar refractivity (Wildman–Crippen MR) is 102 cm³/mol. The highest BCUT2D eigenvalue weighted by Crippen LogP contribution is 2.29. The van der Waals surface area contributed by atoms with Crippen LogP contribution in [-0.2, 0) is 6.54 Å². The van der Waals surface area contributed by atoms with Gasteiger partial charge in [-0.05, 0) is 29.8 Å². The van der Waals surface area contributed by atoms with Crippen LogP contribution in [0, 0.1) is 0 Å². The van der Waals surface area contributed by atoms with Gasteiger partial charge in [0.15, 0.2) is 11.5 Å². The molecule has 0 saturated heterocycles. The lowest BCUT2D eigenvalue weighted by molar-refractivity contribution is 0.102. The second-order valence-corrected chi connectivity index (χ2v) is 6.07. The Balaban J connectivity index is 1.81. The van der Waals surface area contributed by atoms with Crippen molar-refractivity contribution in [2.24, 2.45) is 0 Å². The van der Waals surface area contributed by atoms with Crippen LogP contribution < -0.4 is 20.5 Å². The minimum absolute atomic E-state index is 0.0156. The number of ether oxygens (including phenoxy) is 2. The minimum atomic E-state index is -0.503. The average molecular weight is 388 g/mol. The molecule has 0 saturated carbocycles. The van der Waals surface area contributed by atoms with E-state index in [1.165, 1.54) is 18.9 Å². The molecule has 0 aliphatic rings. The Morgan fingerprint density at radius 1 is 1.22 bits per heavy atom. The van der Waals surface area contributed by atoms with E-state index in [1.54, 1.807) is 30.3 Å². The van der Waals surface area contributed by atoms with Gasteiger partial charge in [0.25, 0.3) is 5.91 Å². The van der Waals surface area contributed by atoms with Crippen LogP contribution in [0.25, 0.3) is 0 Å². The van der Waals surface area contributed by atoms with E-state index in [1.807, 2.05) is 12.1 Å². The van der Waals surface area contributed by atoms with E-state index in [4.69, 9.17) is 26.8 Å². The fraction of sp³-hybridized carbons (Fsp3) is 0.167. The normalized spacial score (nSPS) is 10.5. The summed E-state index contributed by atoms with van der Waals surface area (Å²) in [7, 11) is 3.04. The lowest BCUT2D eigenvalue weighted by Crippen LogP contribution is -2.16. The number of carbonyl (C=O) groups excluding carboxylic acids is 1. The van der Waals surface area contributed by atoms with Crippen molar-refractivity contribution in [3.05, 3.63) is 58.7 Å². The summed E-state index contributed by atoms with van der Waals surface area (Å²) in [4.78, 5) is 12.6. The number of nitrogens with two attached hydrogens (primary N) is 1. The molecule has 9 heteroatoms. The second kappa shape index (κ2) is 7.96. The summed E-state index contributed by atoms with van der Waals surface area (Å²) in [5.41, 5.74) is 7.40. The molecule has 1 amide bonds. The van der Waals surface area contributed by atoms with Gasteiger partial charge in [0.05, 0.1) is 26.5 Å². The second-order valence-electron chi connectivity index (χ2n) is 5.63. The van der Waals surface area contributed by atoms with Crippen molar-refractivity contribution in [1.82, 2.24) is 15.0 Å². The van der Waals surface area contributed by atoms with Crippen molar-refractivity contribution in [2.75, 3.05) is 25.3 Å². The molecule has 0 unspecified atom stereocenters. The van der Waals surface area contributed by atoms with Crippen molar-refractivity contribution in [1.29, 1.82) is 0 Å². The molecule has 3 N–H and O–H groups in total. The van der Waals surface area contributed by atoms with Crippen LogP contribution in [0.1, 0.15) is 16.1 Å². The number of carbonyl (C=O) groups is 1. The quantitative estimate of drug-likeness (QED) is 0.674. The number of nitrogens with zero attached hydrogens (tertiary/aromatic N) is 3. The number of hydrogen-bond acceptors (Lipinski definition) is 6. The van der Waals surface area contributed by atoms with Crippen molar-refractivity contribution in [3.63, 3.8) is 0 Å². The monoisotopic (exact) mass is 387 g/mol. The van der Waals surface area contributed by atoms with Crippen molar-refractivity contribution in [3.8, 4) is 11.5 Å². The van der Waals surface area contributed by atoms with Crippen LogP contribution in [0.2, 0.25) is 5.02 Å². The molecule has 0 aliphatic heterocycles. The minimum Gasteiger partial charge on any atom is -0.497 e. The third kappa shape index (κ3) is 4.12. The highest BCUT2D eigenvalue weighted by atomic mass is 35.5. The van der Waals surface area contributed by atoms with Crippen LogP contribution in [-0.4, -0.2) is 35.1 Å². The van der Waals surface area contributed by atoms with E-state index < -0.39 is 5.91 Å². The van der Waals surface area contributed by atoms with Gasteiger partial charge in [-0.1, -0.05) is 28.9 Å². The zero-order chi connectivity index (χ0) is 19.4. The molecule has 1 aromatic heterocycles. The number of methoxy groups -OCH3 is 2. The Kier molecular flexibility index (Phi) is 5.46. The lowest BCUT2D eigenvalue weighted by Gasteiger charge is -2.11. The zero-order valence-electron chi connectivity index (χ0n) is 14.8. The molecule has 8 nitrogen and oxygen atoms in total. The number of nitrogen functional groups attached to an aromatic ring is 1. The number of hydrogen-bond donors (Lipinski definition) is 2. The number of rotatable bonds is 6. The summed E-state index contributed by atoms with van der Waals surface area (Å²) < 4.78 is 11.9. The largest absolute Gasteiger partial charge is 0.497 e. The molecule has 0 bridgehead atoms. The van der Waals surface area contributed by atoms with E-state index in [0.29, 0.717) is 28.8 Å². The number of aromatic nitrogens is 3. The van der Waals surface area contributed by atoms with Gasteiger partial charge in [0.1, 0.15) is 11.5 Å². The molecule has 0 fully saturated rings. The van der Waals surface area contributed by atoms with Gasteiger partial charge in [0.2, 0.25) is 0 Å². The lowest BCUT2D eigenvalue weighted by atomic mass is 10.2. The number of amides is 1. The smallest absolute Gasteiger partial charge is 0.280 e. The first-order chi connectivity index (χ1) is 13.0. The summed E-state index contributed by atoms with van der Waals surface area (Å²) in [6.07, 6.45) is 0. The Hall–Kier alpha value is -3.26. The number of benzene rings is 2. The zero-order valence-corrected chi connectivity index (χ0v) is 15.5. The molecule has 0 spiro atoms. The maximum Gasteiger partial charge on any atom is 0.280 e. The van der Waals surface area contributed by atoms with Crippen molar-refractivity contribution < 1.29 is 14.3 Å². The summed E-state index contributed by atoms with van der Waals surface area (Å²) in [5, 5.41) is 11.2. The van der Waals surface area contributed by atoms with Gasteiger partial charge in [-0.3, -0.25) is 4.79 Å². The Labute approximate surface area is 160 Å². The summed E-state index contributed by atoms with van der Waals surface area (Å²) >= 11 is 5.99. The van der Waals surface area contributed by atoms with Crippen LogP contribution in [0.5, 0.6) is 11.5 Å². The van der Waals surface area contributed by atoms with Crippen LogP contribution in [0.4, 0.5) is 11.5 Å². The highest BCUT2D eigenvalue weighted by Gasteiger charge is 2.19. The van der Waals surface area contributed by atoms with Gasteiger partial charge < -0.3 is 20.5 Å². The maximum absolute atomic E-state index is 12.6. The average Bonchev–Trinajstić information content (AvgIpc) is 3.02. The fourth-order valence-corrected chi connectivity index (χ4v) is 2.71. The number of anilines is 2. The van der Waals surface area contributed by atoms with E-state index in [9.17, 15) is 4.79 Å². The third-order valence-electron chi connectivity index (χ3n) is 3.86. The van der Waals surface area contributed by atoms with Gasteiger partial charge in [-0.25, -0.2) is 4.68 Å². The highest BCUT2D eigenvalue weighted by molar-refractivity contribution is 6.30. The maximum atomic E-state index is 12.6. The molecular weight excluding hydrogens is 370 g/mol. The Morgan fingerprint density at radius 3 is 2.74 bits per heavy atom. The van der Waals surface area contributed by atoms with E-state index in [-0.39, 0.29) is 11.5 Å². The van der Waals surface area contributed by atoms with E-state index in [2.05, 4.69) is 15.6 Å². The molecule has 1 heterocycles. The SMILES string of the molecule is COc1ccc(OC)c(NC(=O)c2nnn(Cc3cccc(Cl)c3)c2N)c1. The summed E-state index contributed by atoms with van der Waals surface area (Å²) in [5.74, 6) is 0.698. The van der Waals surface area contributed by atoms with Crippen molar-refractivity contribution >= 4 is 29.0 Å². The first-order valence-electron chi connectivity index (χ1n) is 7.98. The number of nitrogens with one attached hydrogen (secondary N) is 1. The van der Waals surface area contributed by atoms with Gasteiger partial charge in [0, 0.05) is 11.1 Å². The third-order valence-corrected chi connectivity index (χ3v) is 4.10. The van der Waals surface area contributed by atoms with Gasteiger partial charge >= 0.3 is 0 Å². The predicted octanol–water partition coefficient (Wildman–Crippen LogP) is 2.83. The molecule has 140 valence electrons. The first kappa shape index (κ1) is 18.5. The van der Waals surface area contributed by atoms with Gasteiger partial charge in [-0.2, -0.15) is 0 Å². The number of halogens is 1. The fourth-order valence-electron chi connectivity index (χ4n) is 2.50. The molecule has 2 aromatic carbocycles. The Bertz CT molecular complexity index is 973. The summed E-state index contributed by atoms with van der Waals surface area (Å²) in [6.45, 7) is 0.342. The molecule has 0 aliphatic carbocycles. The molecule has 3 aromatic rings. The first-order valence-corrected chi connectivity index (χ1v) is 8.36. The molecule has 0 radical (unpaired) electrons. The topological polar surface area (TPSA) is 104 Å². The Morgan fingerprint density at radius 2 is 2.04 bits per heavy atom. The van der Waals surface area contributed by atoms with Crippen molar-refractivity contribution in [2.45, 2.75) is 6.54 Å². The van der Waals surface area contributed by atoms with Crippen LogP contribution in [0.15, 0.2) is 42.5 Å². The molecule has 27 heavy (non-hydrogen) atoms. The van der Waals surface area contributed by atoms with Gasteiger partial charge in [-0.15, -0.1) is 5.10 Å². The molecular formula is C18H18ClN5O3. The molecule has 3 rings (SSSR count). The van der Waals surface area contributed by atoms with E-state index >= 15 is 0 Å². The summed E-state index contributed by atoms with van der Waals surface area (Å²) in [6, 6.07) is 12.3. The standard InChI is InChI=1S/C18H18ClN5O3/c1-26-13-6-7-15(27-2)14(9-13)21-18(25)16-17(20)24(23-22-16)10-11-4-3-5-12(19)8-11/h3-9H,10,20H2,1-2H3,(H,21,25). The van der Waals surface area contributed by atoms with Crippen LogP contribution in [0.3, 0.4) is 0 Å². The molecule has 0 atom stereocenters. The van der Waals surface area contributed by atoms with Crippen LogP contribution >= 0.6 is 11.6 Å².